The fraction of sp³-hybridized carbons (Fsp3) is 0.375. The van der Waals surface area contributed by atoms with Crippen molar-refractivity contribution in [1.82, 2.24) is 9.62 Å². The Hall–Kier alpha value is -2.48. The Bertz CT molecular complexity index is 1030. The van der Waals surface area contributed by atoms with Crippen molar-refractivity contribution in [2.75, 3.05) is 26.3 Å². The first-order valence-electron chi connectivity index (χ1n) is 10.4. The third-order valence-electron chi connectivity index (χ3n) is 5.22. The van der Waals surface area contributed by atoms with Crippen LogP contribution in [0.4, 0.5) is 0 Å². The smallest absolute Gasteiger partial charge is 0.244 e. The van der Waals surface area contributed by atoms with Gasteiger partial charge in [-0.1, -0.05) is 63.2 Å². The van der Waals surface area contributed by atoms with Crippen LogP contribution in [-0.2, 0) is 31.5 Å². The van der Waals surface area contributed by atoms with Crippen molar-refractivity contribution in [3.8, 4) is 0 Å². The van der Waals surface area contributed by atoms with Crippen LogP contribution in [0.15, 0.2) is 59.5 Å². The predicted molar refractivity (Wildman–Crippen MR) is 122 cm³/mol. The van der Waals surface area contributed by atoms with Gasteiger partial charge in [0.25, 0.3) is 0 Å². The number of carbonyl (C=O) groups is 1. The molecule has 3 rings (SSSR count). The topological polar surface area (TPSA) is 75.7 Å². The maximum absolute atomic E-state index is 13.0. The van der Waals surface area contributed by atoms with Crippen LogP contribution in [0.25, 0.3) is 6.08 Å². The molecule has 31 heavy (non-hydrogen) atoms. The number of sulfonamides is 1. The van der Waals surface area contributed by atoms with E-state index in [0.717, 1.165) is 5.56 Å². The highest BCUT2D eigenvalue weighted by molar-refractivity contribution is 7.89. The second kappa shape index (κ2) is 9.77. The third-order valence-corrected chi connectivity index (χ3v) is 7.22. The lowest BCUT2D eigenvalue weighted by atomic mass is 9.87. The minimum Gasteiger partial charge on any atom is -0.379 e. The highest BCUT2D eigenvalue weighted by atomic mass is 32.2. The van der Waals surface area contributed by atoms with Crippen LogP contribution in [0.1, 0.15) is 37.5 Å². The predicted octanol–water partition coefficient (Wildman–Crippen LogP) is 3.33. The molecule has 1 fully saturated rings. The molecule has 0 bridgehead atoms. The van der Waals surface area contributed by atoms with E-state index in [1.165, 1.54) is 15.9 Å². The molecule has 0 aliphatic carbocycles. The summed E-state index contributed by atoms with van der Waals surface area (Å²) in [5, 5.41) is 2.79. The van der Waals surface area contributed by atoms with Gasteiger partial charge in [0.15, 0.2) is 0 Å². The molecule has 7 heteroatoms. The van der Waals surface area contributed by atoms with Crippen molar-refractivity contribution < 1.29 is 17.9 Å². The van der Waals surface area contributed by atoms with Gasteiger partial charge in [-0.25, -0.2) is 8.42 Å². The average molecular weight is 443 g/mol. The van der Waals surface area contributed by atoms with Gasteiger partial charge < -0.3 is 10.1 Å². The summed E-state index contributed by atoms with van der Waals surface area (Å²) in [7, 11) is -3.63. The first-order valence-corrected chi connectivity index (χ1v) is 11.8. The van der Waals surface area contributed by atoms with Crippen LogP contribution < -0.4 is 5.32 Å². The van der Waals surface area contributed by atoms with Crippen molar-refractivity contribution in [1.29, 1.82) is 0 Å². The highest BCUT2D eigenvalue weighted by Gasteiger charge is 2.28. The quantitative estimate of drug-likeness (QED) is 0.697. The summed E-state index contributed by atoms with van der Waals surface area (Å²) in [5.74, 6) is -0.279. The number of hydrogen-bond donors (Lipinski definition) is 1. The Kier molecular flexibility index (Phi) is 7.30. The molecule has 0 atom stereocenters. The first kappa shape index (κ1) is 23.2. The number of ether oxygens (including phenoxy) is 1. The zero-order valence-corrected chi connectivity index (χ0v) is 19.1. The number of carbonyl (C=O) groups excluding carboxylic acids is 1. The van der Waals surface area contributed by atoms with Gasteiger partial charge in [0.1, 0.15) is 0 Å². The van der Waals surface area contributed by atoms with E-state index < -0.39 is 10.0 Å². The number of hydrogen-bond acceptors (Lipinski definition) is 4. The van der Waals surface area contributed by atoms with E-state index in [4.69, 9.17) is 4.74 Å². The van der Waals surface area contributed by atoms with Crippen molar-refractivity contribution in [2.24, 2.45) is 0 Å². The molecule has 2 aromatic rings. The fourth-order valence-electron chi connectivity index (χ4n) is 3.33. The normalized spacial score (nSPS) is 15.8. The van der Waals surface area contributed by atoms with Crippen LogP contribution in [-0.4, -0.2) is 44.9 Å². The monoisotopic (exact) mass is 442 g/mol. The minimum atomic E-state index is -3.63. The Labute approximate surface area is 185 Å². The van der Waals surface area contributed by atoms with E-state index in [1.54, 1.807) is 30.3 Å². The molecule has 0 unspecified atom stereocenters. The zero-order valence-electron chi connectivity index (χ0n) is 18.3. The van der Waals surface area contributed by atoms with Crippen molar-refractivity contribution in [3.05, 3.63) is 71.3 Å². The van der Waals surface area contributed by atoms with E-state index in [2.05, 4.69) is 38.2 Å². The number of benzene rings is 2. The molecule has 1 heterocycles. The number of rotatable bonds is 6. The first-order chi connectivity index (χ1) is 14.7. The van der Waals surface area contributed by atoms with Crippen molar-refractivity contribution in [3.63, 3.8) is 0 Å². The molecule has 0 radical (unpaired) electrons. The van der Waals surface area contributed by atoms with Crippen molar-refractivity contribution >= 4 is 22.0 Å². The van der Waals surface area contributed by atoms with Crippen LogP contribution in [0.2, 0.25) is 0 Å². The lowest BCUT2D eigenvalue weighted by Gasteiger charge is -2.27. The molecule has 1 saturated heterocycles. The molecule has 1 aliphatic heterocycles. The van der Waals surface area contributed by atoms with Gasteiger partial charge in [-0.3, -0.25) is 4.79 Å². The van der Waals surface area contributed by atoms with Crippen LogP contribution in [0, 0.1) is 0 Å². The molecule has 1 amide bonds. The van der Waals surface area contributed by atoms with Gasteiger partial charge in [0, 0.05) is 25.7 Å². The number of amides is 1. The SMILES string of the molecule is CC(C)(C)c1ccc(C=CC(=O)NCc2ccccc2S(=O)(=O)N2CCOCC2)cc1. The summed E-state index contributed by atoms with van der Waals surface area (Å²) in [6.45, 7) is 8.04. The molecule has 1 aliphatic rings. The molecule has 0 spiro atoms. The number of nitrogens with zero attached hydrogens (tertiary/aromatic N) is 1. The second-order valence-corrected chi connectivity index (χ2v) is 10.5. The molecule has 1 N–H and O–H groups in total. The van der Waals surface area contributed by atoms with Gasteiger partial charge >= 0.3 is 0 Å². The van der Waals surface area contributed by atoms with Gasteiger partial charge in [-0.15, -0.1) is 0 Å². The standard InChI is InChI=1S/C24H30N2O4S/c1-24(2,3)21-11-8-19(9-12-21)10-13-23(27)25-18-20-6-4-5-7-22(20)31(28,29)26-14-16-30-17-15-26/h4-13H,14-18H2,1-3H3,(H,25,27). The van der Waals surface area contributed by atoms with Gasteiger partial charge in [0.05, 0.1) is 18.1 Å². The zero-order chi connectivity index (χ0) is 22.5. The molecule has 6 nitrogen and oxygen atoms in total. The lowest BCUT2D eigenvalue weighted by molar-refractivity contribution is -0.116. The Morgan fingerprint density at radius 3 is 2.35 bits per heavy atom. The Morgan fingerprint density at radius 1 is 1.06 bits per heavy atom. The summed E-state index contributed by atoms with van der Waals surface area (Å²) in [6.07, 6.45) is 3.21. The fourth-order valence-corrected chi connectivity index (χ4v) is 4.97. The second-order valence-electron chi connectivity index (χ2n) is 8.55. The maximum Gasteiger partial charge on any atom is 0.244 e. The molecular weight excluding hydrogens is 412 g/mol. The van der Waals surface area contributed by atoms with Crippen LogP contribution in [0.3, 0.4) is 0 Å². The number of nitrogens with one attached hydrogen (secondary N) is 1. The van der Waals surface area contributed by atoms with E-state index in [1.807, 2.05) is 12.1 Å². The Morgan fingerprint density at radius 2 is 1.71 bits per heavy atom. The van der Waals surface area contributed by atoms with Gasteiger partial charge in [-0.2, -0.15) is 4.31 Å². The summed E-state index contributed by atoms with van der Waals surface area (Å²) in [6, 6.07) is 14.9. The summed E-state index contributed by atoms with van der Waals surface area (Å²) in [4.78, 5) is 12.5. The largest absolute Gasteiger partial charge is 0.379 e. The van der Waals surface area contributed by atoms with Crippen molar-refractivity contribution in [2.45, 2.75) is 37.6 Å². The van der Waals surface area contributed by atoms with E-state index in [9.17, 15) is 13.2 Å². The maximum atomic E-state index is 13.0. The molecule has 0 aromatic heterocycles. The third kappa shape index (κ3) is 6.03. The van der Waals surface area contributed by atoms with E-state index in [-0.39, 0.29) is 22.8 Å². The van der Waals surface area contributed by atoms with E-state index in [0.29, 0.717) is 31.9 Å². The summed E-state index contributed by atoms with van der Waals surface area (Å²) >= 11 is 0. The van der Waals surface area contributed by atoms with Gasteiger partial charge in [0.2, 0.25) is 15.9 Å². The van der Waals surface area contributed by atoms with E-state index >= 15 is 0 Å². The summed E-state index contributed by atoms with van der Waals surface area (Å²) in [5.41, 5.74) is 2.80. The lowest BCUT2D eigenvalue weighted by Crippen LogP contribution is -2.41. The molecule has 0 saturated carbocycles. The van der Waals surface area contributed by atoms with Crippen LogP contribution >= 0.6 is 0 Å². The molecule has 166 valence electrons. The van der Waals surface area contributed by atoms with Gasteiger partial charge in [-0.05, 0) is 34.2 Å². The average Bonchev–Trinajstić information content (AvgIpc) is 2.76. The summed E-state index contributed by atoms with van der Waals surface area (Å²) < 4.78 is 32.7. The highest BCUT2D eigenvalue weighted by Crippen LogP contribution is 2.23. The molecular formula is C24H30N2O4S. The Balaban J connectivity index is 1.65. The van der Waals surface area contributed by atoms with Crippen LogP contribution in [0.5, 0.6) is 0 Å². The molecule has 2 aromatic carbocycles. The number of morpholine rings is 1. The minimum absolute atomic E-state index is 0.0779.